The van der Waals surface area contributed by atoms with Gasteiger partial charge in [-0.3, -0.25) is 13.9 Å². The molecule has 0 aliphatic rings. The highest BCUT2D eigenvalue weighted by Gasteiger charge is 2.32. The van der Waals surface area contributed by atoms with Crippen LogP contribution in [0.25, 0.3) is 0 Å². The summed E-state index contributed by atoms with van der Waals surface area (Å²) in [7, 11) is -3.82. The Kier molecular flexibility index (Phi) is 11.1. The van der Waals surface area contributed by atoms with Crippen molar-refractivity contribution in [1.82, 2.24) is 10.2 Å². The molecule has 40 heavy (non-hydrogen) atoms. The van der Waals surface area contributed by atoms with Crippen molar-refractivity contribution in [1.29, 1.82) is 0 Å². The van der Waals surface area contributed by atoms with Gasteiger partial charge in [-0.1, -0.05) is 74.5 Å². The minimum Gasteiger partial charge on any atom is -0.489 e. The van der Waals surface area contributed by atoms with Gasteiger partial charge in [-0.2, -0.15) is 0 Å². The zero-order valence-corrected chi connectivity index (χ0v) is 24.4. The van der Waals surface area contributed by atoms with Crippen molar-refractivity contribution >= 4 is 27.5 Å². The number of rotatable bonds is 14. The van der Waals surface area contributed by atoms with Gasteiger partial charge in [0, 0.05) is 12.6 Å². The number of benzene rings is 3. The Bertz CT molecular complexity index is 1330. The Morgan fingerprint density at radius 2 is 1.43 bits per heavy atom. The predicted molar refractivity (Wildman–Crippen MR) is 158 cm³/mol. The molecule has 2 atom stereocenters. The van der Waals surface area contributed by atoms with Crippen molar-refractivity contribution in [3.05, 3.63) is 96.1 Å². The van der Waals surface area contributed by atoms with Crippen molar-refractivity contribution in [2.75, 3.05) is 17.1 Å². The molecule has 0 radical (unpaired) electrons. The lowest BCUT2D eigenvalue weighted by atomic mass is 10.1. The van der Waals surface area contributed by atoms with Crippen LogP contribution < -0.4 is 14.4 Å². The molecule has 8 nitrogen and oxygen atoms in total. The van der Waals surface area contributed by atoms with E-state index in [0.29, 0.717) is 24.5 Å². The van der Waals surface area contributed by atoms with Crippen LogP contribution in [0.5, 0.6) is 5.75 Å². The highest BCUT2D eigenvalue weighted by Crippen LogP contribution is 2.23. The third-order valence-electron chi connectivity index (χ3n) is 6.63. The fraction of sp³-hybridized carbons (Fsp3) is 0.355. The van der Waals surface area contributed by atoms with Crippen LogP contribution in [0, 0.1) is 0 Å². The summed E-state index contributed by atoms with van der Waals surface area (Å²) in [6, 6.07) is 24.8. The Balaban J connectivity index is 1.83. The molecule has 0 aliphatic carbocycles. The molecule has 3 aromatic carbocycles. The van der Waals surface area contributed by atoms with Crippen molar-refractivity contribution in [2.45, 2.75) is 58.8 Å². The first-order valence-corrected chi connectivity index (χ1v) is 15.4. The topological polar surface area (TPSA) is 96.0 Å². The largest absolute Gasteiger partial charge is 0.489 e. The SMILES string of the molecule is CC[C@@H](C)NC(=O)[C@H](CC)N(Cc1ccccc1)C(=O)CN(c1ccc(OCc2ccccc2)cc1)S(C)(=O)=O. The number of ether oxygens (including phenoxy) is 1. The highest BCUT2D eigenvalue weighted by atomic mass is 32.2. The van der Waals surface area contributed by atoms with E-state index in [1.165, 1.54) is 4.90 Å². The average molecular weight is 566 g/mol. The maximum atomic E-state index is 13.8. The first-order valence-electron chi connectivity index (χ1n) is 13.5. The summed E-state index contributed by atoms with van der Waals surface area (Å²) >= 11 is 0. The molecule has 3 rings (SSSR count). The Morgan fingerprint density at radius 1 is 0.850 bits per heavy atom. The van der Waals surface area contributed by atoms with Gasteiger partial charge in [0.15, 0.2) is 0 Å². The zero-order chi connectivity index (χ0) is 29.1. The third kappa shape index (κ3) is 8.84. The molecule has 0 saturated carbocycles. The quantitative estimate of drug-likeness (QED) is 0.304. The van der Waals surface area contributed by atoms with E-state index in [9.17, 15) is 18.0 Å². The lowest BCUT2D eigenvalue weighted by molar-refractivity contribution is -0.140. The number of amides is 2. The molecule has 0 fully saturated rings. The molecule has 0 spiro atoms. The summed E-state index contributed by atoms with van der Waals surface area (Å²) < 4.78 is 32.6. The maximum absolute atomic E-state index is 13.8. The van der Waals surface area contributed by atoms with Gasteiger partial charge in [0.05, 0.1) is 11.9 Å². The number of anilines is 1. The molecular formula is C31H39N3O5S. The molecule has 3 aromatic rings. The molecule has 1 N–H and O–H groups in total. The van der Waals surface area contributed by atoms with Crippen LogP contribution in [-0.4, -0.2) is 50.0 Å². The Labute approximate surface area is 238 Å². The molecule has 0 heterocycles. The van der Waals surface area contributed by atoms with Gasteiger partial charge >= 0.3 is 0 Å². The predicted octanol–water partition coefficient (Wildman–Crippen LogP) is 4.75. The first kappa shape index (κ1) is 30.7. The average Bonchev–Trinajstić information content (AvgIpc) is 2.95. The van der Waals surface area contributed by atoms with E-state index < -0.39 is 28.5 Å². The smallest absolute Gasteiger partial charge is 0.244 e. The molecule has 0 bridgehead atoms. The van der Waals surface area contributed by atoms with Crippen LogP contribution in [-0.2, 0) is 32.8 Å². The van der Waals surface area contributed by atoms with E-state index in [0.717, 1.165) is 28.1 Å². The van der Waals surface area contributed by atoms with Gasteiger partial charge in [-0.25, -0.2) is 8.42 Å². The van der Waals surface area contributed by atoms with Crippen molar-refractivity contribution < 1.29 is 22.7 Å². The monoisotopic (exact) mass is 565 g/mol. The summed E-state index contributed by atoms with van der Waals surface area (Å²) in [6.07, 6.45) is 2.20. The zero-order valence-electron chi connectivity index (χ0n) is 23.6. The summed E-state index contributed by atoms with van der Waals surface area (Å²) in [6.45, 7) is 5.83. The Morgan fingerprint density at radius 3 is 1.95 bits per heavy atom. The molecule has 2 amide bonds. The number of hydrogen-bond acceptors (Lipinski definition) is 5. The van der Waals surface area contributed by atoms with Crippen LogP contribution in [0.3, 0.4) is 0 Å². The molecule has 9 heteroatoms. The fourth-order valence-corrected chi connectivity index (χ4v) is 5.05. The van der Waals surface area contributed by atoms with Crippen LogP contribution in [0.15, 0.2) is 84.9 Å². The first-order chi connectivity index (χ1) is 19.1. The number of hydrogen-bond donors (Lipinski definition) is 1. The van der Waals surface area contributed by atoms with Crippen molar-refractivity contribution in [2.24, 2.45) is 0 Å². The fourth-order valence-electron chi connectivity index (χ4n) is 4.20. The minimum absolute atomic E-state index is 0.0506. The number of sulfonamides is 1. The van der Waals surface area contributed by atoms with Gasteiger partial charge in [-0.05, 0) is 55.2 Å². The molecule has 214 valence electrons. The van der Waals surface area contributed by atoms with E-state index >= 15 is 0 Å². The van der Waals surface area contributed by atoms with Gasteiger partial charge in [0.1, 0.15) is 24.9 Å². The highest BCUT2D eigenvalue weighted by molar-refractivity contribution is 7.92. The lowest BCUT2D eigenvalue weighted by Gasteiger charge is -2.33. The summed E-state index contributed by atoms with van der Waals surface area (Å²) in [4.78, 5) is 28.4. The number of carbonyl (C=O) groups excluding carboxylic acids is 2. The summed E-state index contributed by atoms with van der Waals surface area (Å²) in [5.74, 6) is -0.150. The van der Waals surface area contributed by atoms with Gasteiger partial charge < -0.3 is 15.0 Å². The summed E-state index contributed by atoms with van der Waals surface area (Å²) in [5, 5.41) is 2.97. The van der Waals surface area contributed by atoms with Gasteiger partial charge in [-0.15, -0.1) is 0 Å². The number of carbonyl (C=O) groups is 2. The standard InChI is InChI=1S/C31H39N3O5S/c1-5-24(3)32-31(36)29(6-2)33(21-25-13-9-7-10-14-25)30(35)22-34(40(4,37)38)27-17-19-28(20-18-27)39-23-26-15-11-8-12-16-26/h7-20,24,29H,5-6,21-23H2,1-4H3,(H,32,36)/t24-,29+/m1/s1. The second kappa shape index (κ2) is 14.5. The number of nitrogens with zero attached hydrogens (tertiary/aromatic N) is 2. The minimum atomic E-state index is -3.82. The van der Waals surface area contributed by atoms with E-state index in [4.69, 9.17) is 4.74 Å². The van der Waals surface area contributed by atoms with Gasteiger partial charge in [0.2, 0.25) is 21.8 Å². The molecule has 0 saturated heterocycles. The van der Waals surface area contributed by atoms with E-state index in [-0.39, 0.29) is 18.5 Å². The van der Waals surface area contributed by atoms with Crippen LogP contribution in [0.2, 0.25) is 0 Å². The van der Waals surface area contributed by atoms with E-state index in [1.54, 1.807) is 24.3 Å². The number of nitrogens with one attached hydrogen (secondary N) is 1. The molecular weight excluding hydrogens is 526 g/mol. The second-order valence-corrected chi connectivity index (χ2v) is 11.7. The lowest BCUT2D eigenvalue weighted by Crippen LogP contribution is -2.53. The van der Waals surface area contributed by atoms with Crippen molar-refractivity contribution in [3.63, 3.8) is 0 Å². The van der Waals surface area contributed by atoms with Crippen LogP contribution >= 0.6 is 0 Å². The van der Waals surface area contributed by atoms with Crippen molar-refractivity contribution in [3.8, 4) is 5.75 Å². The summed E-state index contributed by atoms with van der Waals surface area (Å²) in [5.41, 5.74) is 2.19. The third-order valence-corrected chi connectivity index (χ3v) is 7.78. The van der Waals surface area contributed by atoms with Crippen LogP contribution in [0.1, 0.15) is 44.7 Å². The molecule has 0 aromatic heterocycles. The maximum Gasteiger partial charge on any atom is 0.244 e. The Hall–Kier alpha value is -3.85. The van der Waals surface area contributed by atoms with Gasteiger partial charge in [0.25, 0.3) is 0 Å². The van der Waals surface area contributed by atoms with Crippen LogP contribution in [0.4, 0.5) is 5.69 Å². The van der Waals surface area contributed by atoms with E-state index in [2.05, 4.69) is 5.32 Å². The normalized spacial score (nSPS) is 12.7. The second-order valence-electron chi connectivity index (χ2n) is 9.79. The molecule has 0 unspecified atom stereocenters. The molecule has 0 aliphatic heterocycles. The van der Waals surface area contributed by atoms with E-state index in [1.807, 2.05) is 81.4 Å².